The molecule has 2 N–H and O–H groups in total. The summed E-state index contributed by atoms with van der Waals surface area (Å²) in [7, 11) is 3.12. The summed E-state index contributed by atoms with van der Waals surface area (Å²) >= 11 is 0. The minimum atomic E-state index is -0.388. The van der Waals surface area contributed by atoms with Crippen molar-refractivity contribution in [3.8, 4) is 11.5 Å². The van der Waals surface area contributed by atoms with Crippen molar-refractivity contribution in [2.45, 2.75) is 45.2 Å². The van der Waals surface area contributed by atoms with Gasteiger partial charge in [-0.2, -0.15) is 0 Å². The maximum atomic E-state index is 12.7. The van der Waals surface area contributed by atoms with Gasteiger partial charge in [0.2, 0.25) is 5.91 Å². The molecule has 0 heterocycles. The van der Waals surface area contributed by atoms with Crippen molar-refractivity contribution in [3.05, 3.63) is 57.6 Å². The van der Waals surface area contributed by atoms with Crippen molar-refractivity contribution in [1.82, 2.24) is 5.32 Å². The van der Waals surface area contributed by atoms with Gasteiger partial charge in [0.15, 0.2) is 0 Å². The molecular formula is C23H29N3O5. The molecule has 1 saturated carbocycles. The molecule has 0 saturated heterocycles. The van der Waals surface area contributed by atoms with E-state index in [-0.39, 0.29) is 28.5 Å². The Hall–Kier alpha value is -3.13. The number of benzene rings is 2. The summed E-state index contributed by atoms with van der Waals surface area (Å²) < 4.78 is 10.6. The molecule has 0 aromatic heterocycles. The molecule has 166 valence electrons. The van der Waals surface area contributed by atoms with Crippen LogP contribution in [0.2, 0.25) is 0 Å². The molecule has 1 amide bonds. The van der Waals surface area contributed by atoms with Gasteiger partial charge in [-0.25, -0.2) is 0 Å². The van der Waals surface area contributed by atoms with Crippen molar-refractivity contribution in [1.29, 1.82) is 0 Å². The number of rotatable bonds is 8. The zero-order valence-corrected chi connectivity index (χ0v) is 18.1. The number of aryl methyl sites for hydroxylation is 1. The molecule has 2 aromatic rings. The summed E-state index contributed by atoms with van der Waals surface area (Å²) in [4.78, 5) is 23.6. The fourth-order valence-corrected chi connectivity index (χ4v) is 4.04. The maximum Gasteiger partial charge on any atom is 0.277 e. The van der Waals surface area contributed by atoms with Crippen LogP contribution in [0.15, 0.2) is 36.4 Å². The Labute approximate surface area is 182 Å². The zero-order valence-electron chi connectivity index (χ0n) is 18.1. The first-order chi connectivity index (χ1) is 14.9. The van der Waals surface area contributed by atoms with Crippen molar-refractivity contribution >= 4 is 17.3 Å². The number of anilines is 1. The van der Waals surface area contributed by atoms with E-state index < -0.39 is 0 Å². The molecule has 8 nitrogen and oxygen atoms in total. The van der Waals surface area contributed by atoms with E-state index >= 15 is 0 Å². The van der Waals surface area contributed by atoms with Crippen LogP contribution in [0.5, 0.6) is 11.5 Å². The molecule has 8 heteroatoms. The Bertz CT molecular complexity index is 939. The van der Waals surface area contributed by atoms with Gasteiger partial charge in [-0.3, -0.25) is 14.9 Å². The molecule has 0 atom stereocenters. The van der Waals surface area contributed by atoms with Crippen LogP contribution in [-0.2, 0) is 11.3 Å². The third-order valence-electron chi connectivity index (χ3n) is 5.87. The highest BCUT2D eigenvalue weighted by atomic mass is 16.6. The predicted molar refractivity (Wildman–Crippen MR) is 119 cm³/mol. The lowest BCUT2D eigenvalue weighted by atomic mass is 9.85. The molecule has 0 radical (unpaired) electrons. The van der Waals surface area contributed by atoms with Crippen LogP contribution in [0.1, 0.15) is 36.8 Å². The summed E-state index contributed by atoms with van der Waals surface area (Å²) in [5.41, 5.74) is 2.34. The molecule has 1 aliphatic carbocycles. The second-order valence-corrected chi connectivity index (χ2v) is 7.82. The number of nitrogens with one attached hydrogen (secondary N) is 2. The summed E-state index contributed by atoms with van der Waals surface area (Å²) in [6, 6.07) is 10.7. The zero-order chi connectivity index (χ0) is 22.4. The second-order valence-electron chi connectivity index (χ2n) is 7.82. The Morgan fingerprint density at radius 3 is 2.45 bits per heavy atom. The van der Waals surface area contributed by atoms with E-state index in [0.717, 1.165) is 42.7 Å². The topological polar surface area (TPSA) is 103 Å². The van der Waals surface area contributed by atoms with E-state index in [2.05, 4.69) is 10.6 Å². The van der Waals surface area contributed by atoms with Crippen LogP contribution < -0.4 is 20.1 Å². The first-order valence-electron chi connectivity index (χ1n) is 10.4. The van der Waals surface area contributed by atoms with Gasteiger partial charge in [0, 0.05) is 36.3 Å². The van der Waals surface area contributed by atoms with Gasteiger partial charge in [-0.05, 0) is 50.3 Å². The molecule has 1 aliphatic rings. The van der Waals surface area contributed by atoms with E-state index in [1.807, 2.05) is 25.1 Å². The van der Waals surface area contributed by atoms with Gasteiger partial charge < -0.3 is 20.1 Å². The Balaban J connectivity index is 1.53. The summed E-state index contributed by atoms with van der Waals surface area (Å²) in [6.07, 6.45) is 3.19. The summed E-state index contributed by atoms with van der Waals surface area (Å²) in [5, 5.41) is 17.7. The monoisotopic (exact) mass is 427 g/mol. The maximum absolute atomic E-state index is 12.7. The number of nitro benzene ring substituents is 1. The highest BCUT2D eigenvalue weighted by Crippen LogP contribution is 2.30. The van der Waals surface area contributed by atoms with Crippen LogP contribution >= 0.6 is 0 Å². The van der Waals surface area contributed by atoms with E-state index in [1.165, 1.54) is 13.2 Å². The normalized spacial score (nSPS) is 18.3. The number of nitrogens with zero attached hydrogens (tertiary/aromatic N) is 1. The summed E-state index contributed by atoms with van der Waals surface area (Å²) in [5.74, 6) is 1.22. The molecule has 0 aliphatic heterocycles. The minimum Gasteiger partial charge on any atom is -0.496 e. The smallest absolute Gasteiger partial charge is 0.277 e. The average Bonchev–Trinajstić information content (AvgIpc) is 2.78. The van der Waals surface area contributed by atoms with Crippen LogP contribution in [0, 0.1) is 23.0 Å². The quantitative estimate of drug-likeness (QED) is 0.483. The van der Waals surface area contributed by atoms with E-state index in [4.69, 9.17) is 9.47 Å². The van der Waals surface area contributed by atoms with Gasteiger partial charge >= 0.3 is 0 Å². The molecule has 0 unspecified atom stereocenters. The van der Waals surface area contributed by atoms with Gasteiger partial charge in [0.1, 0.15) is 11.5 Å². The van der Waals surface area contributed by atoms with Crippen LogP contribution in [-0.4, -0.2) is 31.1 Å². The molecule has 3 rings (SSSR count). The van der Waals surface area contributed by atoms with Crippen LogP contribution in [0.3, 0.4) is 0 Å². The third-order valence-corrected chi connectivity index (χ3v) is 5.87. The highest BCUT2D eigenvalue weighted by molar-refractivity contribution is 5.92. The average molecular weight is 428 g/mol. The Kier molecular flexibility index (Phi) is 7.46. The van der Waals surface area contributed by atoms with Gasteiger partial charge in [0.05, 0.1) is 24.7 Å². The number of carbonyl (C=O) groups is 1. The lowest BCUT2D eigenvalue weighted by Crippen LogP contribution is -2.36. The molecule has 1 fully saturated rings. The van der Waals surface area contributed by atoms with Gasteiger partial charge in [-0.1, -0.05) is 12.1 Å². The number of amides is 1. The van der Waals surface area contributed by atoms with Crippen molar-refractivity contribution in [2.24, 2.45) is 5.92 Å². The van der Waals surface area contributed by atoms with E-state index in [0.29, 0.717) is 17.9 Å². The largest absolute Gasteiger partial charge is 0.496 e. The van der Waals surface area contributed by atoms with Gasteiger partial charge in [-0.15, -0.1) is 0 Å². The number of hydrogen-bond acceptors (Lipinski definition) is 6. The van der Waals surface area contributed by atoms with E-state index in [9.17, 15) is 14.9 Å². The first-order valence-corrected chi connectivity index (χ1v) is 10.4. The molecule has 0 bridgehead atoms. The molecule has 31 heavy (non-hydrogen) atoms. The Morgan fingerprint density at radius 2 is 1.81 bits per heavy atom. The van der Waals surface area contributed by atoms with Crippen LogP contribution in [0.25, 0.3) is 0 Å². The van der Waals surface area contributed by atoms with E-state index in [1.54, 1.807) is 19.2 Å². The number of nitro groups is 1. The minimum absolute atomic E-state index is 0.0183. The third kappa shape index (κ3) is 5.52. The Morgan fingerprint density at radius 1 is 1.10 bits per heavy atom. The fourth-order valence-electron chi connectivity index (χ4n) is 4.04. The highest BCUT2D eigenvalue weighted by Gasteiger charge is 2.27. The van der Waals surface area contributed by atoms with Crippen LogP contribution in [0.4, 0.5) is 11.4 Å². The standard InChI is InChI=1S/C23H29N3O5/c1-15-7-10-18(13-22(15)31-3)25-23(27)16-8-11-17(12-9-16)24-14-19-20(26(28)29)5-4-6-21(19)30-2/h4-7,10,13,16-17,24H,8-9,11-12,14H2,1-3H3,(H,25,27). The lowest BCUT2D eigenvalue weighted by Gasteiger charge is -2.28. The molecular weight excluding hydrogens is 398 g/mol. The lowest BCUT2D eigenvalue weighted by molar-refractivity contribution is -0.385. The number of ether oxygens (including phenoxy) is 2. The number of hydrogen-bond donors (Lipinski definition) is 2. The predicted octanol–water partition coefficient (Wildman–Crippen LogP) is 4.21. The second kappa shape index (κ2) is 10.3. The fraction of sp³-hybridized carbons (Fsp3) is 0.435. The molecule has 2 aromatic carbocycles. The number of carbonyl (C=O) groups excluding carboxylic acids is 1. The van der Waals surface area contributed by atoms with Crippen molar-refractivity contribution in [2.75, 3.05) is 19.5 Å². The number of methoxy groups -OCH3 is 2. The SMILES string of the molecule is COc1cc(NC(=O)C2CCC(NCc3c(OC)cccc3[N+](=O)[O-])CC2)ccc1C. The molecule has 0 spiro atoms. The van der Waals surface area contributed by atoms with Crippen molar-refractivity contribution < 1.29 is 19.2 Å². The first kappa shape index (κ1) is 22.6. The summed E-state index contributed by atoms with van der Waals surface area (Å²) in [6.45, 7) is 2.31. The van der Waals surface area contributed by atoms with Gasteiger partial charge in [0.25, 0.3) is 5.69 Å². The van der Waals surface area contributed by atoms with Crippen molar-refractivity contribution in [3.63, 3.8) is 0 Å².